The number of aliphatic imine (C=N–C) groups is 1. The predicted octanol–water partition coefficient (Wildman–Crippen LogP) is 1.82. The maximum absolute atomic E-state index is 7.28. The average molecular weight is 189 g/mol. The van der Waals surface area contributed by atoms with Crippen LogP contribution in [0.4, 0.5) is 0 Å². The summed E-state index contributed by atoms with van der Waals surface area (Å²) in [6.07, 6.45) is 2.52. The molecule has 74 valence electrons. The second kappa shape index (κ2) is 5.17. The van der Waals surface area contributed by atoms with E-state index < -0.39 is 0 Å². The molecule has 0 aliphatic heterocycles. The third kappa shape index (κ3) is 3.01. The highest BCUT2D eigenvalue weighted by Crippen LogP contribution is 1.99. The van der Waals surface area contributed by atoms with E-state index in [2.05, 4.69) is 4.99 Å². The Labute approximate surface area is 84.2 Å². The van der Waals surface area contributed by atoms with E-state index in [1.165, 1.54) is 0 Å². The van der Waals surface area contributed by atoms with Gasteiger partial charge >= 0.3 is 0 Å². The van der Waals surface area contributed by atoms with Crippen molar-refractivity contribution < 1.29 is 0 Å². The zero-order valence-corrected chi connectivity index (χ0v) is 8.27. The Balaban J connectivity index is 2.67. The molecule has 3 nitrogen and oxygen atoms in total. The molecule has 0 aliphatic rings. The summed E-state index contributed by atoms with van der Waals surface area (Å²) in [6.45, 7) is 1.97. The van der Waals surface area contributed by atoms with Crippen molar-refractivity contribution in [1.82, 2.24) is 0 Å². The number of benzene rings is 1. The summed E-state index contributed by atoms with van der Waals surface area (Å²) in [7, 11) is 0. The monoisotopic (exact) mass is 189 g/mol. The lowest BCUT2D eigenvalue weighted by molar-refractivity contribution is 0.812. The molecule has 1 rings (SSSR count). The van der Waals surface area contributed by atoms with Crippen LogP contribution in [-0.2, 0) is 0 Å². The van der Waals surface area contributed by atoms with Crippen molar-refractivity contribution in [3.8, 4) is 0 Å². The summed E-state index contributed by atoms with van der Waals surface area (Å²) in [5.74, 6) is 0.125. The first-order chi connectivity index (χ1) is 6.74. The van der Waals surface area contributed by atoms with Gasteiger partial charge in [0.15, 0.2) is 0 Å². The van der Waals surface area contributed by atoms with Crippen LogP contribution in [0.25, 0.3) is 0 Å². The van der Waals surface area contributed by atoms with Crippen LogP contribution in [0.2, 0.25) is 0 Å². The summed E-state index contributed by atoms with van der Waals surface area (Å²) >= 11 is 0. The first kappa shape index (κ1) is 10.4. The molecule has 1 aromatic rings. The summed E-state index contributed by atoms with van der Waals surface area (Å²) < 4.78 is 0. The third-order valence-corrected chi connectivity index (χ3v) is 1.95. The van der Waals surface area contributed by atoms with Crippen molar-refractivity contribution in [2.45, 2.75) is 19.4 Å². The SMILES string of the molecule is CCC(N=Cc1ccccc1)C(=N)N. The number of amidine groups is 1. The van der Waals surface area contributed by atoms with Crippen molar-refractivity contribution in [1.29, 1.82) is 5.41 Å². The molecule has 0 aliphatic carbocycles. The summed E-state index contributed by atoms with van der Waals surface area (Å²) in [4.78, 5) is 4.24. The first-order valence-electron chi connectivity index (χ1n) is 4.66. The van der Waals surface area contributed by atoms with E-state index in [-0.39, 0.29) is 11.9 Å². The Bertz CT molecular complexity index is 317. The van der Waals surface area contributed by atoms with E-state index in [9.17, 15) is 0 Å². The summed E-state index contributed by atoms with van der Waals surface area (Å²) in [6, 6.07) is 9.62. The minimum absolute atomic E-state index is 0.125. The smallest absolute Gasteiger partial charge is 0.116 e. The maximum atomic E-state index is 7.28. The van der Waals surface area contributed by atoms with Gasteiger partial charge in [-0.25, -0.2) is 0 Å². The van der Waals surface area contributed by atoms with Crippen LogP contribution in [0, 0.1) is 5.41 Å². The Morgan fingerprint density at radius 2 is 2.14 bits per heavy atom. The molecule has 1 aromatic carbocycles. The molecular formula is C11H15N3. The molecule has 1 atom stereocenters. The van der Waals surface area contributed by atoms with E-state index >= 15 is 0 Å². The predicted molar refractivity (Wildman–Crippen MR) is 60.0 cm³/mol. The van der Waals surface area contributed by atoms with Gasteiger partial charge in [-0.05, 0) is 12.0 Å². The minimum Gasteiger partial charge on any atom is -0.386 e. The standard InChI is InChI=1S/C11H15N3/c1-2-10(11(12)13)14-8-9-6-4-3-5-7-9/h3-8,10H,2H2,1H3,(H3,12,13). The van der Waals surface area contributed by atoms with E-state index in [1.807, 2.05) is 37.3 Å². The van der Waals surface area contributed by atoms with Gasteiger partial charge in [-0.15, -0.1) is 0 Å². The van der Waals surface area contributed by atoms with Crippen LogP contribution in [0.5, 0.6) is 0 Å². The fraction of sp³-hybridized carbons (Fsp3) is 0.273. The highest BCUT2D eigenvalue weighted by atomic mass is 14.9. The lowest BCUT2D eigenvalue weighted by Gasteiger charge is -2.05. The van der Waals surface area contributed by atoms with Gasteiger partial charge in [0.05, 0.1) is 0 Å². The van der Waals surface area contributed by atoms with Crippen molar-refractivity contribution in [2.24, 2.45) is 10.7 Å². The van der Waals surface area contributed by atoms with Gasteiger partial charge in [-0.3, -0.25) is 10.4 Å². The molecule has 3 N–H and O–H groups in total. The number of hydrogen-bond donors (Lipinski definition) is 2. The third-order valence-electron chi connectivity index (χ3n) is 1.95. The van der Waals surface area contributed by atoms with Crippen molar-refractivity contribution in [2.75, 3.05) is 0 Å². The molecule has 0 fully saturated rings. The molecule has 0 radical (unpaired) electrons. The quantitative estimate of drug-likeness (QED) is 0.550. The Morgan fingerprint density at radius 1 is 1.50 bits per heavy atom. The molecule has 0 bridgehead atoms. The molecule has 3 heteroatoms. The highest BCUT2D eigenvalue weighted by Gasteiger charge is 2.04. The van der Waals surface area contributed by atoms with Crippen LogP contribution in [0.1, 0.15) is 18.9 Å². The molecule has 0 heterocycles. The van der Waals surface area contributed by atoms with Gasteiger partial charge in [0.25, 0.3) is 0 Å². The molecule has 0 saturated carbocycles. The van der Waals surface area contributed by atoms with Crippen LogP contribution in [0.3, 0.4) is 0 Å². The van der Waals surface area contributed by atoms with Crippen LogP contribution < -0.4 is 5.73 Å². The molecule has 1 unspecified atom stereocenters. The van der Waals surface area contributed by atoms with E-state index in [0.717, 1.165) is 12.0 Å². The second-order valence-corrected chi connectivity index (χ2v) is 3.07. The van der Waals surface area contributed by atoms with Gasteiger partial charge in [0.1, 0.15) is 11.9 Å². The van der Waals surface area contributed by atoms with Crippen molar-refractivity contribution in [3.05, 3.63) is 35.9 Å². The van der Waals surface area contributed by atoms with Gasteiger partial charge in [0, 0.05) is 6.21 Å². The fourth-order valence-corrected chi connectivity index (χ4v) is 1.12. The number of nitrogens with zero attached hydrogens (tertiary/aromatic N) is 1. The summed E-state index contributed by atoms with van der Waals surface area (Å²) in [5, 5.41) is 7.28. The molecule has 14 heavy (non-hydrogen) atoms. The topological polar surface area (TPSA) is 62.2 Å². The largest absolute Gasteiger partial charge is 0.386 e. The molecule has 0 amide bonds. The molecule has 0 aromatic heterocycles. The first-order valence-corrected chi connectivity index (χ1v) is 4.66. The van der Waals surface area contributed by atoms with Crippen LogP contribution in [-0.4, -0.2) is 18.1 Å². The fourth-order valence-electron chi connectivity index (χ4n) is 1.12. The highest BCUT2D eigenvalue weighted by molar-refractivity contribution is 5.87. The van der Waals surface area contributed by atoms with Crippen molar-refractivity contribution in [3.63, 3.8) is 0 Å². The van der Waals surface area contributed by atoms with Gasteiger partial charge in [-0.2, -0.15) is 0 Å². The van der Waals surface area contributed by atoms with E-state index in [1.54, 1.807) is 6.21 Å². The van der Waals surface area contributed by atoms with Crippen LogP contribution in [0.15, 0.2) is 35.3 Å². The molecular weight excluding hydrogens is 174 g/mol. The van der Waals surface area contributed by atoms with Gasteiger partial charge < -0.3 is 5.73 Å². The number of rotatable bonds is 4. The normalized spacial score (nSPS) is 12.9. The number of nitrogens with one attached hydrogen (secondary N) is 1. The summed E-state index contributed by atoms with van der Waals surface area (Å²) in [5.41, 5.74) is 6.42. The Kier molecular flexibility index (Phi) is 3.85. The van der Waals surface area contributed by atoms with Gasteiger partial charge in [0.2, 0.25) is 0 Å². The van der Waals surface area contributed by atoms with E-state index in [4.69, 9.17) is 11.1 Å². The Hall–Kier alpha value is -1.64. The average Bonchev–Trinajstić information content (AvgIpc) is 2.20. The number of hydrogen-bond acceptors (Lipinski definition) is 2. The van der Waals surface area contributed by atoms with Crippen LogP contribution >= 0.6 is 0 Å². The van der Waals surface area contributed by atoms with E-state index in [0.29, 0.717) is 0 Å². The van der Waals surface area contributed by atoms with Gasteiger partial charge in [-0.1, -0.05) is 37.3 Å². The number of nitrogens with two attached hydrogens (primary N) is 1. The molecule has 0 spiro atoms. The Morgan fingerprint density at radius 3 is 2.64 bits per heavy atom. The maximum Gasteiger partial charge on any atom is 0.116 e. The lowest BCUT2D eigenvalue weighted by atomic mass is 10.2. The zero-order valence-electron chi connectivity index (χ0n) is 8.27. The minimum atomic E-state index is -0.185. The zero-order chi connectivity index (χ0) is 10.4. The van der Waals surface area contributed by atoms with Crippen molar-refractivity contribution >= 4 is 12.1 Å². The second-order valence-electron chi connectivity index (χ2n) is 3.07. The lowest BCUT2D eigenvalue weighted by Crippen LogP contribution is -2.25. The molecule has 0 saturated heterocycles.